The first-order valence-corrected chi connectivity index (χ1v) is 12.0. The molecule has 1 aromatic carbocycles. The van der Waals surface area contributed by atoms with Crippen molar-refractivity contribution in [3.8, 4) is 0 Å². The van der Waals surface area contributed by atoms with Gasteiger partial charge >= 0.3 is 23.8 Å². The lowest BCUT2D eigenvalue weighted by Gasteiger charge is -2.23. The number of carbonyl (C=O) groups excluding carboxylic acids is 5. The highest BCUT2D eigenvalue weighted by Crippen LogP contribution is 2.25. The van der Waals surface area contributed by atoms with Crippen molar-refractivity contribution in [2.24, 2.45) is 0 Å². The fourth-order valence-corrected chi connectivity index (χ4v) is 4.10. The van der Waals surface area contributed by atoms with Gasteiger partial charge < -0.3 is 25.8 Å². The monoisotopic (exact) mass is 543 g/mol. The SMILES string of the molecule is C[C@H](NC(=O)C(=O)NC1CCCCC1)C(=O)N[C@@H](CC(=O)O)C(=O)COC(=O)c1c(Cl)cccc1Cl. The third-order valence-corrected chi connectivity index (χ3v) is 6.11. The summed E-state index contributed by atoms with van der Waals surface area (Å²) in [7, 11) is 0. The number of carboxylic acid groups (broad SMARTS) is 1. The molecule has 3 amide bonds. The Kier molecular flexibility index (Phi) is 11.1. The van der Waals surface area contributed by atoms with E-state index < -0.39 is 60.6 Å². The minimum atomic E-state index is -1.57. The Labute approximate surface area is 217 Å². The molecule has 1 aromatic rings. The Morgan fingerprint density at radius 3 is 2.19 bits per heavy atom. The summed E-state index contributed by atoms with van der Waals surface area (Å²) < 4.78 is 4.90. The Hall–Kier alpha value is -3.18. The summed E-state index contributed by atoms with van der Waals surface area (Å²) in [5, 5.41) is 16.1. The van der Waals surface area contributed by atoms with Crippen LogP contribution in [0.4, 0.5) is 0 Å². The number of rotatable bonds is 10. The maximum atomic E-state index is 12.5. The summed E-state index contributed by atoms with van der Waals surface area (Å²) in [6.45, 7) is 0.395. The number of hydrogen-bond acceptors (Lipinski definition) is 7. The lowest BCUT2D eigenvalue weighted by molar-refractivity contribution is -0.142. The van der Waals surface area contributed by atoms with Crippen LogP contribution in [0.1, 0.15) is 55.8 Å². The van der Waals surface area contributed by atoms with Gasteiger partial charge in [-0.25, -0.2) is 4.79 Å². The number of carboxylic acids is 1. The van der Waals surface area contributed by atoms with E-state index in [0.29, 0.717) is 0 Å². The van der Waals surface area contributed by atoms with Crippen molar-refractivity contribution >= 4 is 58.6 Å². The van der Waals surface area contributed by atoms with Crippen LogP contribution < -0.4 is 16.0 Å². The number of amides is 3. The van der Waals surface area contributed by atoms with Gasteiger partial charge in [0.2, 0.25) is 5.91 Å². The van der Waals surface area contributed by atoms with E-state index in [0.717, 1.165) is 32.1 Å². The zero-order valence-electron chi connectivity index (χ0n) is 19.5. The van der Waals surface area contributed by atoms with Gasteiger partial charge in [-0.2, -0.15) is 0 Å². The fourth-order valence-electron chi connectivity index (χ4n) is 3.54. The van der Waals surface area contributed by atoms with Crippen molar-refractivity contribution in [2.45, 2.75) is 63.6 Å². The maximum Gasteiger partial charge on any atom is 0.341 e. The van der Waals surface area contributed by atoms with Crippen LogP contribution in [0, 0.1) is 0 Å². The third-order valence-electron chi connectivity index (χ3n) is 5.48. The van der Waals surface area contributed by atoms with Crippen LogP contribution in [0.3, 0.4) is 0 Å². The Balaban J connectivity index is 1.93. The molecule has 13 heteroatoms. The molecule has 1 aliphatic rings. The van der Waals surface area contributed by atoms with Gasteiger partial charge in [0, 0.05) is 6.04 Å². The van der Waals surface area contributed by atoms with E-state index in [9.17, 15) is 28.8 Å². The van der Waals surface area contributed by atoms with Crippen LogP contribution in [0.5, 0.6) is 0 Å². The first kappa shape index (κ1) is 29.1. The molecule has 0 saturated heterocycles. The lowest BCUT2D eigenvalue weighted by atomic mass is 9.95. The van der Waals surface area contributed by atoms with Crippen LogP contribution in [0.2, 0.25) is 10.0 Å². The second-order valence-electron chi connectivity index (χ2n) is 8.30. The van der Waals surface area contributed by atoms with Gasteiger partial charge in [-0.15, -0.1) is 0 Å². The number of carbonyl (C=O) groups is 6. The molecule has 1 saturated carbocycles. The zero-order valence-corrected chi connectivity index (χ0v) is 21.0. The van der Waals surface area contributed by atoms with Gasteiger partial charge in [0.25, 0.3) is 0 Å². The fraction of sp³-hybridized carbons (Fsp3) is 0.478. The molecule has 0 radical (unpaired) electrons. The molecule has 0 aromatic heterocycles. The zero-order chi connectivity index (χ0) is 26.8. The summed E-state index contributed by atoms with van der Waals surface area (Å²) in [6, 6.07) is 1.35. The molecule has 0 unspecified atom stereocenters. The number of hydrogen-bond donors (Lipinski definition) is 4. The highest BCUT2D eigenvalue weighted by atomic mass is 35.5. The van der Waals surface area contributed by atoms with Crippen molar-refractivity contribution in [3.63, 3.8) is 0 Å². The van der Waals surface area contributed by atoms with Crippen molar-refractivity contribution in [1.29, 1.82) is 0 Å². The number of nitrogens with one attached hydrogen (secondary N) is 3. The molecule has 2 atom stereocenters. The summed E-state index contributed by atoms with van der Waals surface area (Å²) >= 11 is 11.9. The van der Waals surface area contributed by atoms with Gasteiger partial charge in [0.15, 0.2) is 12.4 Å². The molecular weight excluding hydrogens is 517 g/mol. The van der Waals surface area contributed by atoms with Crippen LogP contribution in [-0.2, 0) is 28.7 Å². The first-order valence-electron chi connectivity index (χ1n) is 11.3. The number of ketones is 1. The van der Waals surface area contributed by atoms with Crippen LogP contribution >= 0.6 is 23.2 Å². The minimum Gasteiger partial charge on any atom is -0.481 e. The number of ether oxygens (including phenoxy) is 1. The Morgan fingerprint density at radius 2 is 1.61 bits per heavy atom. The molecule has 4 N–H and O–H groups in total. The number of aliphatic carboxylic acids is 1. The van der Waals surface area contributed by atoms with Crippen LogP contribution in [-0.4, -0.2) is 65.3 Å². The van der Waals surface area contributed by atoms with E-state index in [1.54, 1.807) is 0 Å². The molecule has 196 valence electrons. The highest BCUT2D eigenvalue weighted by molar-refractivity contribution is 6.39. The summed E-state index contributed by atoms with van der Waals surface area (Å²) in [5.41, 5.74) is -0.171. The van der Waals surface area contributed by atoms with Crippen molar-refractivity contribution < 1.29 is 38.6 Å². The molecule has 36 heavy (non-hydrogen) atoms. The number of Topliss-reactive ketones (excluding diaryl/α,β-unsaturated/α-hetero) is 1. The average Bonchev–Trinajstić information content (AvgIpc) is 2.82. The van der Waals surface area contributed by atoms with Crippen molar-refractivity contribution in [3.05, 3.63) is 33.8 Å². The molecule has 0 heterocycles. The van der Waals surface area contributed by atoms with E-state index >= 15 is 0 Å². The van der Waals surface area contributed by atoms with E-state index in [2.05, 4.69) is 16.0 Å². The molecule has 1 fully saturated rings. The standard InChI is InChI=1S/C23H27Cl2N3O8/c1-12(26-21(33)22(34)27-13-6-3-2-4-7-13)20(32)28-16(10-18(30)31)17(29)11-36-23(35)19-14(24)8-5-9-15(19)25/h5,8-9,12-13,16H,2-4,6-7,10-11H2,1H3,(H,26,33)(H,27,34)(H,28,32)(H,30,31)/t12-,16-/m0/s1. The van der Waals surface area contributed by atoms with Crippen LogP contribution in [0.15, 0.2) is 18.2 Å². The van der Waals surface area contributed by atoms with Gasteiger partial charge in [-0.05, 0) is 31.9 Å². The Bertz CT molecular complexity index is 1010. The predicted octanol–water partition coefficient (Wildman–Crippen LogP) is 1.63. The van der Waals surface area contributed by atoms with Crippen LogP contribution in [0.25, 0.3) is 0 Å². The Morgan fingerprint density at radius 1 is 1.00 bits per heavy atom. The number of halogens is 2. The summed E-state index contributed by atoms with van der Waals surface area (Å²) in [5.74, 6) is -6.16. The molecular formula is C23H27Cl2N3O8. The molecule has 0 spiro atoms. The number of benzene rings is 1. The lowest BCUT2D eigenvalue weighted by Crippen LogP contribution is -2.54. The second kappa shape index (κ2) is 13.8. The predicted molar refractivity (Wildman–Crippen MR) is 129 cm³/mol. The number of esters is 1. The van der Waals surface area contributed by atoms with E-state index in [-0.39, 0.29) is 21.7 Å². The molecule has 0 aliphatic heterocycles. The largest absolute Gasteiger partial charge is 0.481 e. The quantitative estimate of drug-likeness (QED) is 0.255. The average molecular weight is 544 g/mol. The minimum absolute atomic E-state index is 0.00701. The van der Waals surface area contributed by atoms with Gasteiger partial charge in [-0.3, -0.25) is 24.0 Å². The summed E-state index contributed by atoms with van der Waals surface area (Å²) in [6.07, 6.45) is 3.69. The first-order chi connectivity index (χ1) is 17.0. The van der Waals surface area contributed by atoms with E-state index in [1.807, 2.05) is 0 Å². The summed E-state index contributed by atoms with van der Waals surface area (Å²) in [4.78, 5) is 72.7. The molecule has 11 nitrogen and oxygen atoms in total. The highest BCUT2D eigenvalue weighted by Gasteiger charge is 2.29. The third kappa shape index (κ3) is 8.80. The van der Waals surface area contributed by atoms with Gasteiger partial charge in [-0.1, -0.05) is 48.5 Å². The van der Waals surface area contributed by atoms with E-state index in [1.165, 1.54) is 25.1 Å². The molecule has 0 bridgehead atoms. The van der Waals surface area contributed by atoms with Crippen molar-refractivity contribution in [1.82, 2.24) is 16.0 Å². The van der Waals surface area contributed by atoms with E-state index in [4.69, 9.17) is 33.0 Å². The smallest absolute Gasteiger partial charge is 0.341 e. The topological polar surface area (TPSA) is 168 Å². The normalized spacial score (nSPS) is 15.2. The maximum absolute atomic E-state index is 12.5. The second-order valence-corrected chi connectivity index (χ2v) is 9.12. The van der Waals surface area contributed by atoms with Gasteiger partial charge in [0.05, 0.1) is 22.0 Å². The van der Waals surface area contributed by atoms with Crippen molar-refractivity contribution in [2.75, 3.05) is 6.61 Å². The molecule has 2 rings (SSSR count). The molecule has 1 aliphatic carbocycles. The van der Waals surface area contributed by atoms with Gasteiger partial charge in [0.1, 0.15) is 12.1 Å².